The van der Waals surface area contributed by atoms with Crippen LogP contribution in [0.2, 0.25) is 0 Å². The molecule has 3 N–H and O–H groups in total. The molecular formula is C13H17BrN4O2. The quantitative estimate of drug-likeness (QED) is 0.428. The summed E-state index contributed by atoms with van der Waals surface area (Å²) in [6.07, 6.45) is 2.98. The van der Waals surface area contributed by atoms with Crippen LogP contribution in [0.15, 0.2) is 22.8 Å². The van der Waals surface area contributed by atoms with Crippen molar-refractivity contribution in [3.8, 4) is 0 Å². The predicted molar refractivity (Wildman–Crippen MR) is 79.9 cm³/mol. The van der Waals surface area contributed by atoms with E-state index in [0.29, 0.717) is 5.82 Å². The molecule has 0 aliphatic rings. The van der Waals surface area contributed by atoms with Crippen LogP contribution in [0.1, 0.15) is 25.5 Å². The maximum atomic E-state index is 11.1. The number of pyridine rings is 1. The lowest BCUT2D eigenvalue weighted by Crippen LogP contribution is -2.27. The molecule has 0 fully saturated rings. The Labute approximate surface area is 125 Å². The number of fused-ring (bicyclic) bond motifs is 1. The summed E-state index contributed by atoms with van der Waals surface area (Å²) in [5, 5.41) is 11.5. The van der Waals surface area contributed by atoms with E-state index < -0.39 is 5.91 Å². The lowest BCUT2D eigenvalue weighted by atomic mass is 10.2. The van der Waals surface area contributed by atoms with Gasteiger partial charge in [0.15, 0.2) is 0 Å². The standard InChI is InChI=1S/C13H17BrN4O2/c1-2-3-5-9-13(15-8-12(19)17-20)16-11-7-4-6-10(14)18(9)11/h4,6-7,15,20H,2-3,5,8H2,1H3,(H,17,19). The number of amides is 1. The Hall–Kier alpha value is -1.60. The van der Waals surface area contributed by atoms with Gasteiger partial charge in [-0.15, -0.1) is 0 Å². The zero-order valence-corrected chi connectivity index (χ0v) is 12.8. The van der Waals surface area contributed by atoms with Crippen LogP contribution in [0.25, 0.3) is 5.65 Å². The number of unbranched alkanes of at least 4 members (excludes halogenated alkanes) is 1. The van der Waals surface area contributed by atoms with Gasteiger partial charge in [0, 0.05) is 0 Å². The molecule has 2 aromatic heterocycles. The minimum Gasteiger partial charge on any atom is -0.359 e. The van der Waals surface area contributed by atoms with Gasteiger partial charge in [0.1, 0.15) is 11.5 Å². The van der Waals surface area contributed by atoms with Crippen LogP contribution in [0, 0.1) is 0 Å². The molecule has 20 heavy (non-hydrogen) atoms. The fourth-order valence-electron chi connectivity index (χ4n) is 2.03. The second-order valence-corrected chi connectivity index (χ2v) is 5.25. The average Bonchev–Trinajstić information content (AvgIpc) is 2.81. The summed E-state index contributed by atoms with van der Waals surface area (Å²) < 4.78 is 2.95. The first-order valence-corrected chi connectivity index (χ1v) is 7.29. The lowest BCUT2D eigenvalue weighted by Gasteiger charge is -2.07. The van der Waals surface area contributed by atoms with Crippen LogP contribution in [0.4, 0.5) is 5.82 Å². The van der Waals surface area contributed by atoms with Gasteiger partial charge in [0.2, 0.25) is 0 Å². The third-order valence-corrected chi connectivity index (χ3v) is 3.62. The van der Waals surface area contributed by atoms with Gasteiger partial charge in [-0.05, 0) is 40.9 Å². The first-order valence-electron chi connectivity index (χ1n) is 6.50. The number of halogens is 1. The van der Waals surface area contributed by atoms with E-state index in [2.05, 4.69) is 33.2 Å². The van der Waals surface area contributed by atoms with Gasteiger partial charge in [-0.25, -0.2) is 10.5 Å². The first-order chi connectivity index (χ1) is 9.67. The summed E-state index contributed by atoms with van der Waals surface area (Å²) in [5.41, 5.74) is 3.44. The summed E-state index contributed by atoms with van der Waals surface area (Å²) in [4.78, 5) is 15.6. The van der Waals surface area contributed by atoms with Crippen molar-refractivity contribution in [2.75, 3.05) is 11.9 Å². The number of hydrogen-bond donors (Lipinski definition) is 3. The summed E-state index contributed by atoms with van der Waals surface area (Å²) in [6, 6.07) is 5.78. The molecule has 0 atom stereocenters. The Morgan fingerprint density at radius 3 is 3.00 bits per heavy atom. The fourth-order valence-corrected chi connectivity index (χ4v) is 2.58. The average molecular weight is 341 g/mol. The number of carbonyl (C=O) groups excluding carboxylic acids is 1. The fraction of sp³-hybridized carbons (Fsp3) is 0.385. The molecule has 2 rings (SSSR count). The molecule has 1 amide bonds. The van der Waals surface area contributed by atoms with Gasteiger partial charge >= 0.3 is 0 Å². The van der Waals surface area contributed by atoms with Crippen LogP contribution < -0.4 is 10.8 Å². The van der Waals surface area contributed by atoms with Gasteiger partial charge in [0.25, 0.3) is 5.91 Å². The van der Waals surface area contributed by atoms with Crippen LogP contribution in [-0.2, 0) is 11.2 Å². The van der Waals surface area contributed by atoms with Gasteiger partial charge in [0.05, 0.1) is 16.8 Å². The topological polar surface area (TPSA) is 78.7 Å². The third-order valence-electron chi connectivity index (χ3n) is 3.00. The molecule has 0 unspecified atom stereocenters. The van der Waals surface area contributed by atoms with Gasteiger partial charge in [-0.1, -0.05) is 19.4 Å². The Bertz CT molecular complexity index is 612. The van der Waals surface area contributed by atoms with Crippen LogP contribution >= 0.6 is 15.9 Å². The second kappa shape index (κ2) is 6.71. The van der Waals surface area contributed by atoms with Crippen molar-refractivity contribution in [2.24, 2.45) is 0 Å². The van der Waals surface area contributed by atoms with Crippen molar-refractivity contribution in [1.82, 2.24) is 14.9 Å². The molecule has 0 radical (unpaired) electrons. The van der Waals surface area contributed by atoms with Crippen LogP contribution in [0.3, 0.4) is 0 Å². The highest BCUT2D eigenvalue weighted by molar-refractivity contribution is 9.10. The van der Waals surface area contributed by atoms with Crippen molar-refractivity contribution in [3.05, 3.63) is 28.5 Å². The van der Waals surface area contributed by atoms with E-state index in [1.807, 2.05) is 22.6 Å². The van der Waals surface area contributed by atoms with Crippen molar-refractivity contribution in [1.29, 1.82) is 0 Å². The molecule has 0 saturated carbocycles. The number of nitrogens with zero attached hydrogens (tertiary/aromatic N) is 2. The molecule has 2 aromatic rings. The Morgan fingerprint density at radius 1 is 1.50 bits per heavy atom. The van der Waals surface area contributed by atoms with Crippen LogP contribution in [-0.4, -0.2) is 27.0 Å². The first kappa shape index (κ1) is 14.8. The number of aromatic nitrogens is 2. The minimum absolute atomic E-state index is 0.0167. The molecule has 108 valence electrons. The normalized spacial score (nSPS) is 10.8. The Kier molecular flexibility index (Phi) is 4.97. The second-order valence-electron chi connectivity index (χ2n) is 4.44. The van der Waals surface area contributed by atoms with E-state index >= 15 is 0 Å². The van der Waals surface area contributed by atoms with E-state index in [0.717, 1.165) is 35.2 Å². The molecular weight excluding hydrogens is 324 g/mol. The minimum atomic E-state index is -0.498. The number of hydroxylamine groups is 1. The molecule has 0 aliphatic carbocycles. The lowest BCUT2D eigenvalue weighted by molar-refractivity contribution is -0.127. The molecule has 7 heteroatoms. The highest BCUT2D eigenvalue weighted by Gasteiger charge is 2.14. The number of imidazole rings is 1. The zero-order valence-electron chi connectivity index (χ0n) is 11.2. The summed E-state index contributed by atoms with van der Waals surface area (Å²) in [6.45, 7) is 2.11. The van der Waals surface area contributed by atoms with Crippen molar-refractivity contribution in [2.45, 2.75) is 26.2 Å². The highest BCUT2D eigenvalue weighted by Crippen LogP contribution is 2.24. The molecule has 2 heterocycles. The summed E-state index contributed by atoms with van der Waals surface area (Å²) in [5.74, 6) is 0.177. The van der Waals surface area contributed by atoms with Crippen molar-refractivity contribution < 1.29 is 10.0 Å². The SMILES string of the molecule is CCCCc1c(NCC(=O)NO)nc2cccc(Br)n12. The maximum Gasteiger partial charge on any atom is 0.262 e. The number of aryl methyl sites for hydroxylation is 1. The van der Waals surface area contributed by atoms with Gasteiger partial charge in [-0.2, -0.15) is 0 Å². The van der Waals surface area contributed by atoms with Crippen molar-refractivity contribution >= 4 is 33.3 Å². The van der Waals surface area contributed by atoms with E-state index in [-0.39, 0.29) is 6.54 Å². The molecule has 0 aliphatic heterocycles. The van der Waals surface area contributed by atoms with E-state index in [4.69, 9.17) is 5.21 Å². The third kappa shape index (κ3) is 3.10. The number of anilines is 1. The van der Waals surface area contributed by atoms with E-state index in [1.165, 1.54) is 0 Å². The number of rotatable bonds is 6. The maximum absolute atomic E-state index is 11.1. The Balaban J connectivity index is 2.36. The van der Waals surface area contributed by atoms with Crippen molar-refractivity contribution in [3.63, 3.8) is 0 Å². The highest BCUT2D eigenvalue weighted by atomic mass is 79.9. The zero-order chi connectivity index (χ0) is 14.5. The summed E-state index contributed by atoms with van der Waals surface area (Å²) >= 11 is 3.52. The monoisotopic (exact) mass is 340 g/mol. The predicted octanol–water partition coefficient (Wildman–Crippen LogP) is 2.36. The van der Waals surface area contributed by atoms with Crippen LogP contribution in [0.5, 0.6) is 0 Å². The number of hydrogen-bond acceptors (Lipinski definition) is 4. The molecule has 0 saturated heterocycles. The molecule has 0 bridgehead atoms. The van der Waals surface area contributed by atoms with Gasteiger partial charge < -0.3 is 5.32 Å². The smallest absolute Gasteiger partial charge is 0.262 e. The number of nitrogens with one attached hydrogen (secondary N) is 2. The largest absolute Gasteiger partial charge is 0.359 e. The molecule has 0 aromatic carbocycles. The number of carbonyl (C=O) groups is 1. The molecule has 6 nitrogen and oxygen atoms in total. The van der Waals surface area contributed by atoms with Gasteiger partial charge in [-0.3, -0.25) is 14.4 Å². The molecule has 0 spiro atoms. The van der Waals surface area contributed by atoms with E-state index in [1.54, 1.807) is 5.48 Å². The van der Waals surface area contributed by atoms with E-state index in [9.17, 15) is 4.79 Å². The Morgan fingerprint density at radius 2 is 2.30 bits per heavy atom. The summed E-state index contributed by atoms with van der Waals surface area (Å²) in [7, 11) is 0.